The van der Waals surface area contributed by atoms with Gasteiger partial charge in [0.1, 0.15) is 0 Å². The topological polar surface area (TPSA) is 74.6 Å². The summed E-state index contributed by atoms with van der Waals surface area (Å²) in [7, 11) is 0. The second kappa shape index (κ2) is 7.40. The normalized spacial score (nSPS) is 10.2. The van der Waals surface area contributed by atoms with Gasteiger partial charge in [-0.1, -0.05) is 0 Å². The van der Waals surface area contributed by atoms with Crippen molar-refractivity contribution in [3.8, 4) is 5.69 Å². The van der Waals surface area contributed by atoms with Crippen molar-refractivity contribution in [1.82, 2.24) is 4.57 Å². The molecule has 0 N–H and O–H groups in total. The molecule has 0 atom stereocenters. The number of rotatable bonds is 5. The first kappa shape index (κ1) is 16.5. The maximum absolute atomic E-state index is 12.0. The predicted octanol–water partition coefficient (Wildman–Crippen LogP) is 2.19. The van der Waals surface area contributed by atoms with Gasteiger partial charge in [-0.25, -0.2) is 9.59 Å². The quantitative estimate of drug-likeness (QED) is 0.791. The molecular weight excluding hydrogens is 298 g/mol. The maximum atomic E-state index is 12.0. The van der Waals surface area contributed by atoms with E-state index in [1.807, 2.05) is 0 Å². The Balaban J connectivity index is 2.34. The van der Waals surface area contributed by atoms with Gasteiger partial charge in [-0.05, 0) is 44.2 Å². The van der Waals surface area contributed by atoms with Gasteiger partial charge < -0.3 is 9.47 Å². The van der Waals surface area contributed by atoms with Crippen LogP contribution in [0.3, 0.4) is 0 Å². The zero-order chi connectivity index (χ0) is 16.8. The summed E-state index contributed by atoms with van der Waals surface area (Å²) in [6, 6.07) is 9.08. The molecule has 0 aliphatic rings. The van der Waals surface area contributed by atoms with Crippen LogP contribution in [-0.2, 0) is 9.47 Å². The van der Waals surface area contributed by atoms with E-state index in [9.17, 15) is 14.4 Å². The molecule has 2 rings (SSSR count). The van der Waals surface area contributed by atoms with Crippen molar-refractivity contribution in [2.45, 2.75) is 13.8 Å². The zero-order valence-corrected chi connectivity index (χ0v) is 12.9. The lowest BCUT2D eigenvalue weighted by Gasteiger charge is -2.09. The lowest BCUT2D eigenvalue weighted by Crippen LogP contribution is -2.19. The van der Waals surface area contributed by atoms with Crippen LogP contribution in [0.5, 0.6) is 0 Å². The monoisotopic (exact) mass is 315 g/mol. The standard InChI is InChI=1S/C17H17NO5/c1-3-22-16(20)12-5-8-14(9-6-12)18-11-13(7-10-15(18)19)17(21)23-4-2/h5-11H,3-4H2,1-2H3. The van der Waals surface area contributed by atoms with Gasteiger partial charge in [0.2, 0.25) is 0 Å². The summed E-state index contributed by atoms with van der Waals surface area (Å²) in [6.45, 7) is 3.99. The van der Waals surface area contributed by atoms with Gasteiger partial charge in [-0.15, -0.1) is 0 Å². The van der Waals surface area contributed by atoms with Gasteiger partial charge in [-0.3, -0.25) is 9.36 Å². The highest BCUT2D eigenvalue weighted by Crippen LogP contribution is 2.10. The van der Waals surface area contributed by atoms with Gasteiger partial charge in [0.15, 0.2) is 0 Å². The molecule has 1 aromatic heterocycles. The van der Waals surface area contributed by atoms with E-state index < -0.39 is 11.9 Å². The summed E-state index contributed by atoms with van der Waals surface area (Å²) in [5, 5.41) is 0. The summed E-state index contributed by atoms with van der Waals surface area (Å²) >= 11 is 0. The zero-order valence-electron chi connectivity index (χ0n) is 12.9. The summed E-state index contributed by atoms with van der Waals surface area (Å²) in [4.78, 5) is 35.4. The highest BCUT2D eigenvalue weighted by molar-refractivity contribution is 5.90. The Kier molecular flexibility index (Phi) is 5.30. The van der Waals surface area contributed by atoms with Crippen molar-refractivity contribution in [1.29, 1.82) is 0 Å². The molecule has 6 nitrogen and oxygen atoms in total. The van der Waals surface area contributed by atoms with Crippen LogP contribution in [0.1, 0.15) is 34.6 Å². The molecule has 0 saturated heterocycles. The lowest BCUT2D eigenvalue weighted by atomic mass is 10.2. The van der Waals surface area contributed by atoms with E-state index in [0.717, 1.165) is 0 Å². The number of benzene rings is 1. The van der Waals surface area contributed by atoms with Crippen molar-refractivity contribution >= 4 is 11.9 Å². The number of carbonyl (C=O) groups excluding carboxylic acids is 2. The van der Waals surface area contributed by atoms with E-state index in [4.69, 9.17) is 9.47 Å². The summed E-state index contributed by atoms with van der Waals surface area (Å²) in [5.41, 5.74) is 0.919. The number of carbonyl (C=O) groups is 2. The molecule has 1 aromatic carbocycles. The van der Waals surface area contributed by atoms with Crippen LogP contribution in [0.15, 0.2) is 47.4 Å². The Morgan fingerprint density at radius 1 is 0.870 bits per heavy atom. The number of nitrogens with zero attached hydrogens (tertiary/aromatic N) is 1. The molecule has 23 heavy (non-hydrogen) atoms. The van der Waals surface area contributed by atoms with Crippen LogP contribution in [0.2, 0.25) is 0 Å². The molecular formula is C17H17NO5. The van der Waals surface area contributed by atoms with Gasteiger partial charge in [0.05, 0.1) is 24.3 Å². The Bertz CT molecular complexity index is 761. The molecule has 0 fully saturated rings. The smallest absolute Gasteiger partial charge is 0.339 e. The molecule has 6 heteroatoms. The highest BCUT2D eigenvalue weighted by Gasteiger charge is 2.10. The number of hydrogen-bond acceptors (Lipinski definition) is 5. The van der Waals surface area contributed by atoms with E-state index in [2.05, 4.69) is 0 Å². The molecule has 0 radical (unpaired) electrons. The average Bonchev–Trinajstić information content (AvgIpc) is 2.56. The number of hydrogen-bond donors (Lipinski definition) is 0. The van der Waals surface area contributed by atoms with E-state index in [-0.39, 0.29) is 17.7 Å². The molecule has 0 aliphatic heterocycles. The number of esters is 2. The highest BCUT2D eigenvalue weighted by atomic mass is 16.5. The molecule has 0 unspecified atom stereocenters. The molecule has 0 aliphatic carbocycles. The summed E-state index contributed by atoms with van der Waals surface area (Å²) in [5.74, 6) is -0.920. The van der Waals surface area contributed by atoms with E-state index >= 15 is 0 Å². The van der Waals surface area contributed by atoms with E-state index in [1.165, 1.54) is 22.9 Å². The van der Waals surface area contributed by atoms with Crippen LogP contribution in [-0.4, -0.2) is 29.7 Å². The van der Waals surface area contributed by atoms with Crippen molar-refractivity contribution < 1.29 is 19.1 Å². The Morgan fingerprint density at radius 2 is 1.39 bits per heavy atom. The predicted molar refractivity (Wildman–Crippen MR) is 84.0 cm³/mol. The van der Waals surface area contributed by atoms with Gasteiger partial charge in [0, 0.05) is 18.0 Å². The fourth-order valence-corrected chi connectivity index (χ4v) is 2.00. The maximum Gasteiger partial charge on any atom is 0.339 e. The van der Waals surface area contributed by atoms with Crippen molar-refractivity contribution in [2.24, 2.45) is 0 Å². The number of pyridine rings is 1. The van der Waals surface area contributed by atoms with Crippen LogP contribution >= 0.6 is 0 Å². The molecule has 2 aromatic rings. The fourth-order valence-electron chi connectivity index (χ4n) is 2.00. The largest absolute Gasteiger partial charge is 0.462 e. The Labute approximate surface area is 133 Å². The first-order valence-corrected chi connectivity index (χ1v) is 7.24. The molecule has 0 saturated carbocycles. The fraction of sp³-hybridized carbons (Fsp3) is 0.235. The second-order valence-corrected chi connectivity index (χ2v) is 4.61. The van der Waals surface area contributed by atoms with Crippen LogP contribution in [0.25, 0.3) is 5.69 Å². The van der Waals surface area contributed by atoms with Gasteiger partial charge in [0.25, 0.3) is 5.56 Å². The third-order valence-corrected chi connectivity index (χ3v) is 3.08. The lowest BCUT2D eigenvalue weighted by molar-refractivity contribution is 0.0516. The molecule has 0 bridgehead atoms. The molecule has 1 heterocycles. The molecule has 0 amide bonds. The Hall–Kier alpha value is -2.89. The van der Waals surface area contributed by atoms with Crippen LogP contribution in [0.4, 0.5) is 0 Å². The van der Waals surface area contributed by atoms with E-state index in [0.29, 0.717) is 17.9 Å². The third kappa shape index (κ3) is 3.85. The average molecular weight is 315 g/mol. The third-order valence-electron chi connectivity index (χ3n) is 3.08. The minimum absolute atomic E-state index is 0.256. The minimum Gasteiger partial charge on any atom is -0.462 e. The minimum atomic E-state index is -0.496. The molecule has 0 spiro atoms. The number of aromatic nitrogens is 1. The summed E-state index contributed by atoms with van der Waals surface area (Å²) < 4.78 is 11.1. The van der Waals surface area contributed by atoms with Gasteiger partial charge >= 0.3 is 11.9 Å². The summed E-state index contributed by atoms with van der Waals surface area (Å²) in [6.07, 6.45) is 1.42. The molecule has 120 valence electrons. The first-order chi connectivity index (χ1) is 11.1. The Morgan fingerprint density at radius 3 is 1.96 bits per heavy atom. The second-order valence-electron chi connectivity index (χ2n) is 4.61. The number of ether oxygens (including phenoxy) is 2. The van der Waals surface area contributed by atoms with Crippen molar-refractivity contribution in [2.75, 3.05) is 13.2 Å². The van der Waals surface area contributed by atoms with E-state index in [1.54, 1.807) is 38.1 Å². The van der Waals surface area contributed by atoms with Crippen molar-refractivity contribution in [3.63, 3.8) is 0 Å². The van der Waals surface area contributed by atoms with Crippen molar-refractivity contribution in [3.05, 3.63) is 64.1 Å². The SMILES string of the molecule is CCOC(=O)c1ccc(-n2cc(C(=O)OCC)ccc2=O)cc1. The van der Waals surface area contributed by atoms with Crippen LogP contribution in [0, 0.1) is 0 Å². The van der Waals surface area contributed by atoms with Crippen LogP contribution < -0.4 is 5.56 Å². The van der Waals surface area contributed by atoms with Gasteiger partial charge in [-0.2, -0.15) is 0 Å². The first-order valence-electron chi connectivity index (χ1n) is 7.24.